The number of oxazole rings is 1. The van der Waals surface area contributed by atoms with Gasteiger partial charge in [0.25, 0.3) is 0 Å². The average molecular weight is 406 g/mol. The lowest BCUT2D eigenvalue weighted by Gasteiger charge is -2.35. The summed E-state index contributed by atoms with van der Waals surface area (Å²) in [7, 11) is 0. The molecule has 3 aromatic rings. The molecule has 2 aliphatic rings. The van der Waals surface area contributed by atoms with Crippen LogP contribution in [0.4, 0.5) is 5.69 Å². The summed E-state index contributed by atoms with van der Waals surface area (Å²) in [6, 6.07) is 4.76. The van der Waals surface area contributed by atoms with Gasteiger partial charge in [-0.1, -0.05) is 0 Å². The number of carbonyl (C=O) groups is 1. The van der Waals surface area contributed by atoms with Crippen LogP contribution in [0, 0.1) is 6.92 Å². The van der Waals surface area contributed by atoms with Crippen molar-refractivity contribution in [2.75, 3.05) is 4.90 Å². The highest BCUT2D eigenvalue weighted by molar-refractivity contribution is 5.95. The van der Waals surface area contributed by atoms with Crippen LogP contribution in [0.25, 0.3) is 11.1 Å². The molecular formula is C23H26N4O3. The number of nitrogens with zero attached hydrogens (tertiary/aromatic N) is 4. The van der Waals surface area contributed by atoms with Crippen LogP contribution in [-0.2, 0) is 17.8 Å². The van der Waals surface area contributed by atoms with E-state index in [1.165, 1.54) is 12.8 Å². The van der Waals surface area contributed by atoms with Gasteiger partial charge in [0.2, 0.25) is 11.8 Å². The van der Waals surface area contributed by atoms with Gasteiger partial charge in [0, 0.05) is 35.9 Å². The second-order valence-corrected chi connectivity index (χ2v) is 8.31. The molecule has 1 aliphatic heterocycles. The summed E-state index contributed by atoms with van der Waals surface area (Å²) in [6.07, 6.45) is 9.80. The van der Waals surface area contributed by atoms with Gasteiger partial charge in [-0.2, -0.15) is 5.10 Å². The summed E-state index contributed by atoms with van der Waals surface area (Å²) in [6.45, 7) is 5.82. The third kappa shape index (κ3) is 3.38. The minimum absolute atomic E-state index is 0.0482. The standard InChI is InChI=1S/C23H26N4O3/c1-14-4-7-20-21(27(14)16(3)28)9-8-19(17-11-25-26(12-17)18-5-6-18)23(20)29-13-22-24-10-15(2)30-22/h8-12,14,18H,4-7,13H2,1-3H3/t14-/m0/s1. The Balaban J connectivity index is 1.57. The summed E-state index contributed by atoms with van der Waals surface area (Å²) in [5.74, 6) is 2.13. The SMILES string of the molecule is CC(=O)N1c2ccc(-c3cnn(C4CC4)c3)c(OCc3ncc(C)o3)c2CC[C@@H]1C. The first-order chi connectivity index (χ1) is 14.5. The fourth-order valence-electron chi connectivity index (χ4n) is 4.29. The molecule has 0 N–H and O–H groups in total. The molecule has 1 aromatic carbocycles. The minimum atomic E-state index is 0.0482. The minimum Gasteiger partial charge on any atom is -0.483 e. The third-order valence-corrected chi connectivity index (χ3v) is 5.93. The maximum atomic E-state index is 12.4. The van der Waals surface area contributed by atoms with Gasteiger partial charge in [-0.15, -0.1) is 0 Å². The number of benzene rings is 1. The number of hydrogen-bond acceptors (Lipinski definition) is 5. The van der Waals surface area contributed by atoms with E-state index in [1.54, 1.807) is 13.1 Å². The Labute approximate surface area is 175 Å². The maximum Gasteiger partial charge on any atom is 0.232 e. The first-order valence-corrected chi connectivity index (χ1v) is 10.6. The molecule has 30 heavy (non-hydrogen) atoms. The van der Waals surface area contributed by atoms with Crippen LogP contribution in [0.15, 0.2) is 35.1 Å². The van der Waals surface area contributed by atoms with Gasteiger partial charge in [-0.3, -0.25) is 9.48 Å². The Morgan fingerprint density at radius 2 is 2.10 bits per heavy atom. The van der Waals surface area contributed by atoms with Crippen molar-refractivity contribution in [2.45, 2.75) is 65.1 Å². The molecular weight excluding hydrogens is 380 g/mol. The number of aromatic nitrogens is 3. The second-order valence-electron chi connectivity index (χ2n) is 8.31. The number of carbonyl (C=O) groups excluding carboxylic acids is 1. The van der Waals surface area contributed by atoms with E-state index in [-0.39, 0.29) is 18.6 Å². The van der Waals surface area contributed by atoms with Crippen molar-refractivity contribution in [3.63, 3.8) is 0 Å². The zero-order chi connectivity index (χ0) is 20.8. The summed E-state index contributed by atoms with van der Waals surface area (Å²) >= 11 is 0. The average Bonchev–Trinajstić information content (AvgIpc) is 3.30. The molecule has 7 nitrogen and oxygen atoms in total. The molecule has 1 atom stereocenters. The number of aryl methyl sites for hydroxylation is 1. The molecule has 1 saturated carbocycles. The molecule has 0 unspecified atom stereocenters. The molecule has 1 aliphatic carbocycles. The normalized spacial score (nSPS) is 18.4. The molecule has 7 heteroatoms. The maximum absolute atomic E-state index is 12.4. The predicted molar refractivity (Wildman–Crippen MR) is 112 cm³/mol. The summed E-state index contributed by atoms with van der Waals surface area (Å²) in [5, 5.41) is 4.55. The zero-order valence-electron chi connectivity index (χ0n) is 17.6. The van der Waals surface area contributed by atoms with E-state index in [1.807, 2.05) is 34.8 Å². The summed E-state index contributed by atoms with van der Waals surface area (Å²) in [5.41, 5.74) is 4.00. The van der Waals surface area contributed by atoms with Gasteiger partial charge >= 0.3 is 0 Å². The third-order valence-electron chi connectivity index (χ3n) is 5.93. The topological polar surface area (TPSA) is 73.4 Å². The highest BCUT2D eigenvalue weighted by Crippen LogP contribution is 2.44. The van der Waals surface area contributed by atoms with Crippen molar-refractivity contribution in [2.24, 2.45) is 0 Å². The number of fused-ring (bicyclic) bond motifs is 1. The lowest BCUT2D eigenvalue weighted by Crippen LogP contribution is -2.40. The number of hydrogen-bond donors (Lipinski definition) is 0. The fraction of sp³-hybridized carbons (Fsp3) is 0.435. The molecule has 0 saturated heterocycles. The Bertz CT molecular complexity index is 1100. The van der Waals surface area contributed by atoms with E-state index in [0.717, 1.165) is 46.7 Å². The van der Waals surface area contributed by atoms with Crippen LogP contribution in [0.3, 0.4) is 0 Å². The summed E-state index contributed by atoms with van der Waals surface area (Å²) < 4.78 is 13.9. The van der Waals surface area contributed by atoms with Crippen LogP contribution in [0.2, 0.25) is 0 Å². The van der Waals surface area contributed by atoms with E-state index >= 15 is 0 Å². The number of ether oxygens (including phenoxy) is 1. The van der Waals surface area contributed by atoms with Gasteiger partial charge < -0.3 is 14.1 Å². The Hall–Kier alpha value is -3.09. The Kier molecular flexibility index (Phi) is 4.60. The van der Waals surface area contributed by atoms with Crippen LogP contribution in [-0.4, -0.2) is 26.7 Å². The van der Waals surface area contributed by atoms with E-state index in [2.05, 4.69) is 23.2 Å². The lowest BCUT2D eigenvalue weighted by molar-refractivity contribution is -0.117. The zero-order valence-corrected chi connectivity index (χ0v) is 17.6. The fourth-order valence-corrected chi connectivity index (χ4v) is 4.29. The highest BCUT2D eigenvalue weighted by atomic mass is 16.5. The van der Waals surface area contributed by atoms with Gasteiger partial charge in [0.05, 0.1) is 24.1 Å². The highest BCUT2D eigenvalue weighted by Gasteiger charge is 2.31. The monoisotopic (exact) mass is 406 g/mol. The van der Waals surface area contributed by atoms with Crippen LogP contribution >= 0.6 is 0 Å². The molecule has 156 valence electrons. The lowest BCUT2D eigenvalue weighted by atomic mass is 9.92. The summed E-state index contributed by atoms with van der Waals surface area (Å²) in [4.78, 5) is 18.5. The van der Waals surface area contributed by atoms with Crippen LogP contribution < -0.4 is 9.64 Å². The van der Waals surface area contributed by atoms with Crippen molar-refractivity contribution < 1.29 is 13.9 Å². The van der Waals surface area contributed by atoms with Crippen molar-refractivity contribution in [3.05, 3.63) is 47.9 Å². The molecule has 1 fully saturated rings. The van der Waals surface area contributed by atoms with E-state index < -0.39 is 0 Å². The van der Waals surface area contributed by atoms with E-state index in [4.69, 9.17) is 9.15 Å². The smallest absolute Gasteiger partial charge is 0.232 e. The second kappa shape index (κ2) is 7.31. The van der Waals surface area contributed by atoms with Crippen molar-refractivity contribution in [1.82, 2.24) is 14.8 Å². The Morgan fingerprint density at radius 3 is 2.80 bits per heavy atom. The van der Waals surface area contributed by atoms with Crippen molar-refractivity contribution in [1.29, 1.82) is 0 Å². The predicted octanol–water partition coefficient (Wildman–Crippen LogP) is 4.45. The molecule has 3 heterocycles. The Morgan fingerprint density at radius 1 is 1.27 bits per heavy atom. The molecule has 1 amide bonds. The quantitative estimate of drug-likeness (QED) is 0.626. The largest absolute Gasteiger partial charge is 0.483 e. The first kappa shape index (κ1) is 18.9. The first-order valence-electron chi connectivity index (χ1n) is 10.6. The van der Waals surface area contributed by atoms with Crippen LogP contribution in [0.1, 0.15) is 56.4 Å². The number of anilines is 1. The molecule has 2 aromatic heterocycles. The molecule has 0 spiro atoms. The van der Waals surface area contributed by atoms with E-state index in [0.29, 0.717) is 11.9 Å². The van der Waals surface area contributed by atoms with Gasteiger partial charge in [0.1, 0.15) is 11.5 Å². The van der Waals surface area contributed by atoms with E-state index in [9.17, 15) is 4.79 Å². The van der Waals surface area contributed by atoms with Gasteiger partial charge in [-0.25, -0.2) is 4.98 Å². The number of amides is 1. The van der Waals surface area contributed by atoms with Crippen molar-refractivity contribution in [3.8, 4) is 16.9 Å². The van der Waals surface area contributed by atoms with Gasteiger partial charge in [0.15, 0.2) is 6.61 Å². The van der Waals surface area contributed by atoms with Gasteiger partial charge in [-0.05, 0) is 51.7 Å². The molecule has 5 rings (SSSR count). The van der Waals surface area contributed by atoms with Crippen molar-refractivity contribution >= 4 is 11.6 Å². The molecule has 0 bridgehead atoms. The van der Waals surface area contributed by atoms with Crippen LogP contribution in [0.5, 0.6) is 5.75 Å². The number of rotatable bonds is 5. The molecule has 0 radical (unpaired) electrons.